The Kier molecular flexibility index (Phi) is 6.26. The summed E-state index contributed by atoms with van der Waals surface area (Å²) in [5.74, 6) is 1.10. The Bertz CT molecular complexity index is 546. The van der Waals surface area contributed by atoms with Crippen LogP contribution in [0.15, 0.2) is 35.6 Å². The number of carbonyl (C=O) groups is 1. The van der Waals surface area contributed by atoms with E-state index in [0.29, 0.717) is 30.1 Å². The lowest BCUT2D eigenvalue weighted by molar-refractivity contribution is 0.101. The predicted octanol–water partition coefficient (Wildman–Crippen LogP) is 4.57. The molecule has 1 aromatic rings. The fourth-order valence-corrected chi connectivity index (χ4v) is 1.82. The maximum atomic E-state index is 11.2. The van der Waals surface area contributed by atoms with Crippen molar-refractivity contribution in [3.8, 4) is 11.5 Å². The van der Waals surface area contributed by atoms with Gasteiger partial charge < -0.3 is 9.47 Å². The van der Waals surface area contributed by atoms with Gasteiger partial charge in [-0.25, -0.2) is 0 Å². The first-order valence-corrected chi connectivity index (χ1v) is 7.18. The molecule has 0 unspecified atom stereocenters. The Labute approximate surface area is 127 Å². The molecule has 0 heterocycles. The van der Waals surface area contributed by atoms with Crippen LogP contribution in [0.25, 0.3) is 0 Å². The predicted molar refractivity (Wildman–Crippen MR) is 85.3 cm³/mol. The third kappa shape index (κ3) is 5.49. The van der Waals surface area contributed by atoms with Crippen molar-refractivity contribution in [1.82, 2.24) is 0 Å². The fourth-order valence-electron chi connectivity index (χ4n) is 1.82. The molecule has 0 radical (unpaired) electrons. The van der Waals surface area contributed by atoms with Gasteiger partial charge in [0.15, 0.2) is 17.8 Å². The first-order valence-electron chi connectivity index (χ1n) is 7.18. The number of aldehydes is 1. The van der Waals surface area contributed by atoms with Crippen LogP contribution in [-0.2, 0) is 0 Å². The van der Waals surface area contributed by atoms with Gasteiger partial charge in [-0.05, 0) is 58.4 Å². The van der Waals surface area contributed by atoms with E-state index in [-0.39, 0.29) is 0 Å². The van der Waals surface area contributed by atoms with E-state index < -0.39 is 5.60 Å². The van der Waals surface area contributed by atoms with E-state index in [2.05, 4.69) is 5.73 Å². The van der Waals surface area contributed by atoms with Crippen LogP contribution in [0.2, 0.25) is 0 Å². The molecule has 0 saturated heterocycles. The van der Waals surface area contributed by atoms with Gasteiger partial charge in [-0.1, -0.05) is 6.07 Å². The standard InChI is InChI=1S/C18H24O3/c1-6-20-16-11-7-10-15(13-19)17(16)21-18(4,5)12-8-9-14(2)3/h7-8,10-11,13H,6,12H2,1-5H3. The maximum absolute atomic E-state index is 11.2. The minimum atomic E-state index is -0.451. The molecule has 0 fully saturated rings. The summed E-state index contributed by atoms with van der Waals surface area (Å²) < 4.78 is 11.6. The Hall–Kier alpha value is -1.99. The highest BCUT2D eigenvalue weighted by Crippen LogP contribution is 2.34. The van der Waals surface area contributed by atoms with Crippen molar-refractivity contribution in [3.63, 3.8) is 0 Å². The number of hydrogen-bond donors (Lipinski definition) is 0. The number of benzene rings is 1. The van der Waals surface area contributed by atoms with Crippen molar-refractivity contribution in [3.05, 3.63) is 41.1 Å². The normalized spacial score (nSPS) is 10.5. The van der Waals surface area contributed by atoms with E-state index in [0.717, 1.165) is 11.9 Å². The van der Waals surface area contributed by atoms with Gasteiger partial charge in [0.2, 0.25) is 0 Å². The first-order chi connectivity index (χ1) is 9.89. The van der Waals surface area contributed by atoms with E-state index in [1.807, 2.05) is 46.8 Å². The summed E-state index contributed by atoms with van der Waals surface area (Å²) in [7, 11) is 0. The number of carbonyl (C=O) groups excluding carboxylic acids is 1. The first kappa shape index (κ1) is 17.1. The molecule has 0 aliphatic carbocycles. The minimum absolute atomic E-state index is 0.451. The number of rotatable bonds is 7. The second kappa shape index (κ2) is 7.70. The Morgan fingerprint density at radius 3 is 2.62 bits per heavy atom. The summed E-state index contributed by atoms with van der Waals surface area (Å²) >= 11 is 0. The van der Waals surface area contributed by atoms with E-state index in [9.17, 15) is 4.79 Å². The van der Waals surface area contributed by atoms with Crippen LogP contribution in [0.3, 0.4) is 0 Å². The van der Waals surface area contributed by atoms with Gasteiger partial charge >= 0.3 is 0 Å². The third-order valence-corrected chi connectivity index (χ3v) is 2.80. The summed E-state index contributed by atoms with van der Waals surface area (Å²) in [4.78, 5) is 11.2. The van der Waals surface area contributed by atoms with Crippen molar-refractivity contribution in [1.29, 1.82) is 0 Å². The van der Waals surface area contributed by atoms with E-state index in [1.54, 1.807) is 12.1 Å². The summed E-state index contributed by atoms with van der Waals surface area (Å²) in [6.07, 6.45) is 3.44. The molecule has 114 valence electrons. The van der Waals surface area contributed by atoms with Crippen LogP contribution >= 0.6 is 0 Å². The molecule has 0 saturated carbocycles. The highest BCUT2D eigenvalue weighted by molar-refractivity contribution is 5.81. The average molecular weight is 288 g/mol. The monoisotopic (exact) mass is 288 g/mol. The average Bonchev–Trinajstić information content (AvgIpc) is 2.40. The summed E-state index contributed by atoms with van der Waals surface area (Å²) in [6.45, 7) is 10.4. The largest absolute Gasteiger partial charge is 0.490 e. The summed E-state index contributed by atoms with van der Waals surface area (Å²) in [5, 5.41) is 0. The molecular weight excluding hydrogens is 264 g/mol. The van der Waals surface area contributed by atoms with Crippen molar-refractivity contribution >= 4 is 6.29 Å². The molecular formula is C18H24O3. The second-order valence-electron chi connectivity index (χ2n) is 5.64. The van der Waals surface area contributed by atoms with Crippen LogP contribution in [0.5, 0.6) is 11.5 Å². The van der Waals surface area contributed by atoms with Gasteiger partial charge in [0.25, 0.3) is 0 Å². The van der Waals surface area contributed by atoms with Crippen LogP contribution in [-0.4, -0.2) is 18.5 Å². The smallest absolute Gasteiger partial charge is 0.172 e. The molecule has 0 aliphatic rings. The molecule has 0 aliphatic heterocycles. The van der Waals surface area contributed by atoms with E-state index in [1.165, 1.54) is 0 Å². The topological polar surface area (TPSA) is 35.5 Å². The number of para-hydroxylation sites is 1. The fraction of sp³-hybridized carbons (Fsp3) is 0.444. The molecule has 1 aromatic carbocycles. The summed E-state index contributed by atoms with van der Waals surface area (Å²) in [5.41, 5.74) is 4.34. The zero-order chi connectivity index (χ0) is 15.9. The quantitative estimate of drug-likeness (QED) is 0.544. The molecule has 0 bridgehead atoms. The lowest BCUT2D eigenvalue weighted by Gasteiger charge is -2.27. The Balaban J connectivity index is 3.04. The zero-order valence-corrected chi connectivity index (χ0v) is 13.5. The lowest BCUT2D eigenvalue weighted by Crippen LogP contribution is -2.28. The van der Waals surface area contributed by atoms with Gasteiger partial charge in [0, 0.05) is 6.42 Å². The summed E-state index contributed by atoms with van der Waals surface area (Å²) in [6, 6.07) is 5.33. The maximum Gasteiger partial charge on any atom is 0.172 e. The zero-order valence-electron chi connectivity index (χ0n) is 13.5. The van der Waals surface area contributed by atoms with Crippen LogP contribution in [0.4, 0.5) is 0 Å². The number of hydrogen-bond acceptors (Lipinski definition) is 3. The Morgan fingerprint density at radius 1 is 1.33 bits per heavy atom. The molecule has 0 N–H and O–H groups in total. The van der Waals surface area contributed by atoms with Gasteiger partial charge in [-0.15, -0.1) is 5.73 Å². The Morgan fingerprint density at radius 2 is 2.05 bits per heavy atom. The molecule has 21 heavy (non-hydrogen) atoms. The number of ether oxygens (including phenoxy) is 2. The van der Waals surface area contributed by atoms with Crippen molar-refractivity contribution in [2.24, 2.45) is 0 Å². The second-order valence-corrected chi connectivity index (χ2v) is 5.64. The molecule has 1 rings (SSSR count). The van der Waals surface area contributed by atoms with Crippen LogP contribution < -0.4 is 9.47 Å². The van der Waals surface area contributed by atoms with E-state index in [4.69, 9.17) is 9.47 Å². The van der Waals surface area contributed by atoms with Crippen molar-refractivity contribution in [2.75, 3.05) is 6.61 Å². The SMILES string of the molecule is CCOc1cccc(C=O)c1OC(C)(C)CC=C=C(C)C. The molecule has 0 spiro atoms. The van der Waals surface area contributed by atoms with Crippen molar-refractivity contribution < 1.29 is 14.3 Å². The van der Waals surface area contributed by atoms with Gasteiger partial charge in [-0.3, -0.25) is 4.79 Å². The minimum Gasteiger partial charge on any atom is -0.490 e. The van der Waals surface area contributed by atoms with Crippen LogP contribution in [0, 0.1) is 0 Å². The van der Waals surface area contributed by atoms with E-state index >= 15 is 0 Å². The molecule has 0 atom stereocenters. The molecule has 3 nitrogen and oxygen atoms in total. The third-order valence-electron chi connectivity index (χ3n) is 2.80. The molecule has 3 heteroatoms. The van der Waals surface area contributed by atoms with Crippen molar-refractivity contribution in [2.45, 2.75) is 46.6 Å². The van der Waals surface area contributed by atoms with Gasteiger partial charge in [-0.2, -0.15) is 0 Å². The molecule has 0 amide bonds. The highest BCUT2D eigenvalue weighted by atomic mass is 16.5. The van der Waals surface area contributed by atoms with Gasteiger partial charge in [0.05, 0.1) is 12.2 Å². The lowest BCUT2D eigenvalue weighted by atomic mass is 10.0. The molecule has 0 aromatic heterocycles. The van der Waals surface area contributed by atoms with Crippen LogP contribution in [0.1, 0.15) is 51.4 Å². The van der Waals surface area contributed by atoms with Gasteiger partial charge in [0.1, 0.15) is 5.60 Å². The highest BCUT2D eigenvalue weighted by Gasteiger charge is 2.22.